The van der Waals surface area contributed by atoms with Crippen LogP contribution >= 0.6 is 11.6 Å². The summed E-state index contributed by atoms with van der Waals surface area (Å²) in [5.74, 6) is -2.33. The van der Waals surface area contributed by atoms with Crippen molar-refractivity contribution in [3.05, 3.63) is 74.5 Å². The molecule has 0 fully saturated rings. The molecule has 0 bridgehead atoms. The fourth-order valence-corrected chi connectivity index (χ4v) is 3.22. The standard InChI is InChI=1S/C19H14ClF4N3O3/c1-2-27-11(9-26-6-5-15(25-26)19(22,23)24)8-14(28)16(18(29)30)17(27)10-3-4-12(20)13(21)7-10/h3-8H,2,9H2,1H3,(H,29,30). The Balaban J connectivity index is 2.21. The van der Waals surface area contributed by atoms with E-state index in [1.807, 2.05) is 0 Å². The van der Waals surface area contributed by atoms with Gasteiger partial charge in [0.05, 0.1) is 17.3 Å². The van der Waals surface area contributed by atoms with Crippen molar-refractivity contribution in [3.8, 4) is 11.3 Å². The Kier molecular flexibility index (Phi) is 5.71. The molecular formula is C19H14ClF4N3O3. The number of rotatable bonds is 5. The summed E-state index contributed by atoms with van der Waals surface area (Å²) in [5.41, 5.74) is -2.34. The zero-order chi connectivity index (χ0) is 22.2. The second kappa shape index (κ2) is 7.94. The molecule has 1 aromatic carbocycles. The molecule has 2 aromatic heterocycles. The second-order valence-electron chi connectivity index (χ2n) is 6.30. The van der Waals surface area contributed by atoms with Crippen LogP contribution in [0.5, 0.6) is 0 Å². The van der Waals surface area contributed by atoms with Gasteiger partial charge in [-0.25, -0.2) is 9.18 Å². The molecule has 0 amide bonds. The topological polar surface area (TPSA) is 77.1 Å². The summed E-state index contributed by atoms with van der Waals surface area (Å²) in [6.45, 7) is 1.57. The smallest absolute Gasteiger partial charge is 0.435 e. The van der Waals surface area contributed by atoms with Crippen LogP contribution in [0.1, 0.15) is 28.7 Å². The van der Waals surface area contributed by atoms with E-state index in [-0.39, 0.29) is 35.1 Å². The molecule has 0 aliphatic rings. The van der Waals surface area contributed by atoms with Crippen LogP contribution in [0.2, 0.25) is 5.02 Å². The molecule has 30 heavy (non-hydrogen) atoms. The largest absolute Gasteiger partial charge is 0.477 e. The molecule has 3 rings (SSSR count). The average molecular weight is 444 g/mol. The monoisotopic (exact) mass is 443 g/mol. The van der Waals surface area contributed by atoms with Gasteiger partial charge < -0.3 is 9.67 Å². The van der Waals surface area contributed by atoms with E-state index in [1.165, 1.54) is 16.7 Å². The first kappa shape index (κ1) is 21.6. The van der Waals surface area contributed by atoms with E-state index in [0.717, 1.165) is 29.1 Å². The van der Waals surface area contributed by atoms with Crippen molar-refractivity contribution in [2.75, 3.05) is 0 Å². The first-order valence-electron chi connectivity index (χ1n) is 8.59. The molecule has 2 heterocycles. The number of carboxylic acid groups (broad SMARTS) is 1. The first-order valence-corrected chi connectivity index (χ1v) is 8.96. The molecule has 0 aliphatic carbocycles. The number of aromatic nitrogens is 3. The summed E-state index contributed by atoms with van der Waals surface area (Å²) in [6.07, 6.45) is -3.53. The summed E-state index contributed by atoms with van der Waals surface area (Å²) in [5, 5.41) is 12.8. The quantitative estimate of drug-likeness (QED) is 0.597. The molecule has 0 unspecified atom stereocenters. The number of carbonyl (C=O) groups is 1. The SMILES string of the molecule is CCn1c(Cn2ccc(C(F)(F)F)n2)cc(=O)c(C(=O)O)c1-c1ccc(Cl)c(F)c1. The van der Waals surface area contributed by atoms with Crippen molar-refractivity contribution in [1.82, 2.24) is 14.3 Å². The van der Waals surface area contributed by atoms with Crippen LogP contribution < -0.4 is 5.43 Å². The van der Waals surface area contributed by atoms with Crippen LogP contribution in [0.15, 0.2) is 41.3 Å². The number of benzene rings is 1. The van der Waals surface area contributed by atoms with Crippen LogP contribution in [0.25, 0.3) is 11.3 Å². The molecule has 0 saturated heterocycles. The number of pyridine rings is 1. The summed E-state index contributed by atoms with van der Waals surface area (Å²) >= 11 is 5.69. The van der Waals surface area contributed by atoms with Crippen molar-refractivity contribution in [2.24, 2.45) is 0 Å². The molecule has 6 nitrogen and oxygen atoms in total. The zero-order valence-electron chi connectivity index (χ0n) is 15.4. The fourth-order valence-electron chi connectivity index (χ4n) is 3.11. The number of aromatic carboxylic acids is 1. The summed E-state index contributed by atoms with van der Waals surface area (Å²) in [6, 6.07) is 5.39. The van der Waals surface area contributed by atoms with Crippen LogP contribution in [-0.4, -0.2) is 25.4 Å². The lowest BCUT2D eigenvalue weighted by atomic mass is 10.0. The predicted molar refractivity (Wildman–Crippen MR) is 100 cm³/mol. The van der Waals surface area contributed by atoms with Gasteiger partial charge in [-0.1, -0.05) is 17.7 Å². The van der Waals surface area contributed by atoms with Gasteiger partial charge in [-0.3, -0.25) is 9.48 Å². The Labute approximate surface area is 171 Å². The number of carboxylic acids is 1. The molecule has 0 spiro atoms. The maximum Gasteiger partial charge on any atom is 0.435 e. The number of hydrogen-bond donors (Lipinski definition) is 1. The van der Waals surface area contributed by atoms with Crippen LogP contribution in [0.3, 0.4) is 0 Å². The van der Waals surface area contributed by atoms with E-state index in [4.69, 9.17) is 11.6 Å². The third-order valence-electron chi connectivity index (χ3n) is 4.38. The minimum Gasteiger partial charge on any atom is -0.477 e. The maximum atomic E-state index is 14.0. The second-order valence-corrected chi connectivity index (χ2v) is 6.71. The number of hydrogen-bond acceptors (Lipinski definition) is 3. The van der Waals surface area contributed by atoms with Gasteiger partial charge in [0.2, 0.25) is 0 Å². The van der Waals surface area contributed by atoms with Crippen molar-refractivity contribution in [2.45, 2.75) is 26.2 Å². The van der Waals surface area contributed by atoms with Crippen molar-refractivity contribution < 1.29 is 27.5 Å². The van der Waals surface area contributed by atoms with Gasteiger partial charge in [0.1, 0.15) is 11.4 Å². The Bertz CT molecular complexity index is 1180. The predicted octanol–water partition coefficient (Wildman–Crippen LogP) is 4.29. The normalized spacial score (nSPS) is 11.7. The highest BCUT2D eigenvalue weighted by atomic mass is 35.5. The van der Waals surface area contributed by atoms with E-state index in [2.05, 4.69) is 5.10 Å². The van der Waals surface area contributed by atoms with Crippen molar-refractivity contribution in [1.29, 1.82) is 0 Å². The maximum absolute atomic E-state index is 14.0. The van der Waals surface area contributed by atoms with Crippen molar-refractivity contribution in [3.63, 3.8) is 0 Å². The van der Waals surface area contributed by atoms with Gasteiger partial charge >= 0.3 is 12.1 Å². The zero-order valence-corrected chi connectivity index (χ0v) is 16.1. The molecule has 0 saturated carbocycles. The van der Waals surface area contributed by atoms with Crippen LogP contribution in [0, 0.1) is 5.82 Å². The Morgan fingerprint density at radius 2 is 1.93 bits per heavy atom. The average Bonchev–Trinajstić information content (AvgIpc) is 3.12. The summed E-state index contributed by atoms with van der Waals surface area (Å²) in [4.78, 5) is 24.3. The van der Waals surface area contributed by atoms with Gasteiger partial charge in [0, 0.05) is 30.1 Å². The number of alkyl halides is 3. The van der Waals surface area contributed by atoms with Crippen molar-refractivity contribution >= 4 is 17.6 Å². The van der Waals surface area contributed by atoms with E-state index in [9.17, 15) is 32.3 Å². The van der Waals surface area contributed by atoms with Crippen LogP contribution in [-0.2, 0) is 19.3 Å². The van der Waals surface area contributed by atoms with Gasteiger partial charge in [-0.2, -0.15) is 18.3 Å². The van der Waals surface area contributed by atoms with Gasteiger partial charge in [0.15, 0.2) is 11.1 Å². The molecule has 1 N–H and O–H groups in total. The lowest BCUT2D eigenvalue weighted by molar-refractivity contribution is -0.141. The third-order valence-corrected chi connectivity index (χ3v) is 4.68. The number of halogens is 5. The summed E-state index contributed by atoms with van der Waals surface area (Å²) in [7, 11) is 0. The van der Waals surface area contributed by atoms with E-state index >= 15 is 0 Å². The summed E-state index contributed by atoms with van der Waals surface area (Å²) < 4.78 is 54.8. The Morgan fingerprint density at radius 1 is 1.23 bits per heavy atom. The molecule has 0 atom stereocenters. The van der Waals surface area contributed by atoms with Gasteiger partial charge in [0.25, 0.3) is 0 Å². The Morgan fingerprint density at radius 3 is 2.47 bits per heavy atom. The molecule has 0 radical (unpaired) electrons. The highest BCUT2D eigenvalue weighted by molar-refractivity contribution is 6.30. The molecule has 11 heteroatoms. The minimum atomic E-state index is -4.63. The molecule has 0 aliphatic heterocycles. The van der Waals surface area contributed by atoms with E-state index < -0.39 is 34.6 Å². The lowest BCUT2D eigenvalue weighted by Crippen LogP contribution is -2.24. The lowest BCUT2D eigenvalue weighted by Gasteiger charge is -2.20. The Hall–Kier alpha value is -3.14. The number of nitrogens with zero attached hydrogens (tertiary/aromatic N) is 3. The van der Waals surface area contributed by atoms with Gasteiger partial charge in [-0.05, 0) is 25.1 Å². The fraction of sp³-hybridized carbons (Fsp3) is 0.211. The van der Waals surface area contributed by atoms with E-state index in [0.29, 0.717) is 0 Å². The molecule has 3 aromatic rings. The third kappa shape index (κ3) is 4.09. The molecule has 158 valence electrons. The minimum absolute atomic E-state index is 0.0775. The highest BCUT2D eigenvalue weighted by Crippen LogP contribution is 2.29. The van der Waals surface area contributed by atoms with E-state index in [1.54, 1.807) is 6.92 Å². The van der Waals surface area contributed by atoms with Crippen LogP contribution in [0.4, 0.5) is 17.6 Å². The first-order chi connectivity index (χ1) is 14.0. The molecular weight excluding hydrogens is 430 g/mol. The highest BCUT2D eigenvalue weighted by Gasteiger charge is 2.33. The van der Waals surface area contributed by atoms with Gasteiger partial charge in [-0.15, -0.1) is 0 Å².